The van der Waals surface area contributed by atoms with Gasteiger partial charge in [-0.3, -0.25) is 5.10 Å². The van der Waals surface area contributed by atoms with Crippen molar-refractivity contribution in [2.24, 2.45) is 10.3 Å². The van der Waals surface area contributed by atoms with Gasteiger partial charge in [0.05, 0.1) is 0 Å². The molecular weight excluding hydrogens is 298 g/mol. The van der Waals surface area contributed by atoms with Crippen molar-refractivity contribution in [1.29, 1.82) is 5.26 Å². The Morgan fingerprint density at radius 2 is 2.17 bits per heavy atom. The molecule has 0 unspecified atom stereocenters. The molecule has 0 saturated heterocycles. The molecule has 1 heterocycles. The zero-order valence-electron chi connectivity index (χ0n) is 12.6. The summed E-state index contributed by atoms with van der Waals surface area (Å²) in [6, 6.07) is 9.25. The maximum Gasteiger partial charge on any atom is 0.239 e. The molecule has 2 rings (SSSR count). The average molecular weight is 313 g/mol. The van der Waals surface area contributed by atoms with E-state index in [1.807, 2.05) is 30.3 Å². The Kier molecular flexibility index (Phi) is 5.25. The van der Waals surface area contributed by atoms with E-state index in [-0.39, 0.29) is 18.3 Å². The van der Waals surface area contributed by atoms with Crippen LogP contribution in [0.15, 0.2) is 34.6 Å². The maximum atomic E-state index is 8.67. The van der Waals surface area contributed by atoms with Gasteiger partial charge in [-0.1, -0.05) is 34.6 Å². The molecule has 0 aliphatic carbocycles. The van der Waals surface area contributed by atoms with Crippen molar-refractivity contribution in [3.63, 3.8) is 0 Å². The van der Waals surface area contributed by atoms with E-state index in [1.165, 1.54) is 7.11 Å². The van der Waals surface area contributed by atoms with Gasteiger partial charge >= 0.3 is 0 Å². The standard InChI is InChI=1S/C14H15N7O2/c1-9(7-15)20-23-8-10-5-3-4-6-11(10)12(21-22-2)13-17-14(16)19-18-13/h3-6H,8H2,1-2H3,(H3,16,17,18,19)/b20-9-,21-12+. The minimum atomic E-state index is 0.103. The summed E-state index contributed by atoms with van der Waals surface area (Å²) in [4.78, 5) is 14.1. The van der Waals surface area contributed by atoms with E-state index in [4.69, 9.17) is 20.7 Å². The molecule has 0 fully saturated rings. The molecule has 0 radical (unpaired) electrons. The van der Waals surface area contributed by atoms with Gasteiger partial charge in [-0.15, -0.1) is 5.10 Å². The normalized spacial score (nSPS) is 11.9. The number of nitriles is 1. The van der Waals surface area contributed by atoms with Gasteiger partial charge in [0, 0.05) is 11.1 Å². The van der Waals surface area contributed by atoms with E-state index in [0.29, 0.717) is 11.5 Å². The van der Waals surface area contributed by atoms with Crippen molar-refractivity contribution in [3.05, 3.63) is 41.2 Å². The first-order valence-corrected chi connectivity index (χ1v) is 6.60. The van der Waals surface area contributed by atoms with Gasteiger partial charge in [0.1, 0.15) is 19.8 Å². The Morgan fingerprint density at radius 1 is 1.39 bits per heavy atom. The van der Waals surface area contributed by atoms with Crippen molar-refractivity contribution in [2.45, 2.75) is 13.5 Å². The number of aromatic amines is 1. The molecule has 0 spiro atoms. The summed E-state index contributed by atoms with van der Waals surface area (Å²) in [7, 11) is 1.43. The Hall–Kier alpha value is -3.41. The number of rotatable bonds is 6. The van der Waals surface area contributed by atoms with Crippen molar-refractivity contribution in [2.75, 3.05) is 12.8 Å². The van der Waals surface area contributed by atoms with Gasteiger partial charge in [0.25, 0.3) is 0 Å². The number of H-pyrrole nitrogens is 1. The molecule has 1 aromatic carbocycles. The second-order valence-corrected chi connectivity index (χ2v) is 4.38. The molecule has 2 aromatic rings. The number of hydrogen-bond acceptors (Lipinski definition) is 8. The minimum absolute atomic E-state index is 0.103. The van der Waals surface area contributed by atoms with Crippen molar-refractivity contribution in [1.82, 2.24) is 15.2 Å². The third-order valence-corrected chi connectivity index (χ3v) is 2.77. The molecule has 0 amide bonds. The highest BCUT2D eigenvalue weighted by atomic mass is 16.6. The number of nitrogens with two attached hydrogens (primary N) is 1. The highest BCUT2D eigenvalue weighted by molar-refractivity contribution is 6.11. The lowest BCUT2D eigenvalue weighted by molar-refractivity contribution is 0.130. The lowest BCUT2D eigenvalue weighted by Crippen LogP contribution is -2.10. The summed E-state index contributed by atoms with van der Waals surface area (Å²) < 4.78 is 0. The number of anilines is 1. The molecule has 0 aliphatic rings. The molecule has 0 bridgehead atoms. The van der Waals surface area contributed by atoms with E-state index in [2.05, 4.69) is 25.5 Å². The second-order valence-electron chi connectivity index (χ2n) is 4.38. The fourth-order valence-electron chi connectivity index (χ4n) is 1.79. The second kappa shape index (κ2) is 7.56. The fraction of sp³-hybridized carbons (Fsp3) is 0.214. The largest absolute Gasteiger partial charge is 0.399 e. The molecule has 1 aromatic heterocycles. The van der Waals surface area contributed by atoms with Gasteiger partial charge in [0.2, 0.25) is 5.95 Å². The van der Waals surface area contributed by atoms with E-state index in [1.54, 1.807) is 6.92 Å². The summed E-state index contributed by atoms with van der Waals surface area (Å²) in [5.41, 5.74) is 7.70. The first-order valence-electron chi connectivity index (χ1n) is 6.60. The number of nitrogen functional groups attached to an aromatic ring is 1. The van der Waals surface area contributed by atoms with Crippen LogP contribution in [0, 0.1) is 11.3 Å². The number of oxime groups is 2. The van der Waals surface area contributed by atoms with E-state index < -0.39 is 0 Å². The summed E-state index contributed by atoms with van der Waals surface area (Å²) in [5.74, 6) is 0.472. The van der Waals surface area contributed by atoms with Crippen molar-refractivity contribution >= 4 is 17.4 Å². The average Bonchev–Trinajstić information content (AvgIpc) is 2.99. The van der Waals surface area contributed by atoms with Crippen LogP contribution < -0.4 is 5.73 Å². The zero-order chi connectivity index (χ0) is 16.7. The summed E-state index contributed by atoms with van der Waals surface area (Å²) in [6.07, 6.45) is 0. The van der Waals surface area contributed by atoms with Crippen molar-refractivity contribution < 1.29 is 9.68 Å². The molecule has 0 atom stereocenters. The highest BCUT2D eigenvalue weighted by Gasteiger charge is 2.16. The van der Waals surface area contributed by atoms with Crippen LogP contribution in [0.1, 0.15) is 23.9 Å². The van der Waals surface area contributed by atoms with Crippen LogP contribution in [0.2, 0.25) is 0 Å². The molecule has 23 heavy (non-hydrogen) atoms. The molecular formula is C14H15N7O2. The number of nitrogens with zero attached hydrogens (tertiary/aromatic N) is 5. The quantitative estimate of drug-likeness (QED) is 0.607. The third-order valence-electron chi connectivity index (χ3n) is 2.77. The van der Waals surface area contributed by atoms with Crippen LogP contribution in [0.5, 0.6) is 0 Å². The Balaban J connectivity index is 2.34. The van der Waals surface area contributed by atoms with Gasteiger partial charge in [-0.2, -0.15) is 10.2 Å². The Bertz CT molecular complexity index is 773. The van der Waals surface area contributed by atoms with Gasteiger partial charge in [-0.25, -0.2) is 0 Å². The minimum Gasteiger partial charge on any atom is -0.399 e. The van der Waals surface area contributed by atoms with Crippen LogP contribution in [0.3, 0.4) is 0 Å². The first kappa shape index (κ1) is 16.0. The Labute approximate surface area is 132 Å². The predicted molar refractivity (Wildman–Crippen MR) is 83.4 cm³/mol. The zero-order valence-corrected chi connectivity index (χ0v) is 12.6. The number of nitrogens with one attached hydrogen (secondary N) is 1. The summed E-state index contributed by atoms with van der Waals surface area (Å²) in [5, 5.41) is 22.8. The maximum absolute atomic E-state index is 8.67. The van der Waals surface area contributed by atoms with E-state index in [9.17, 15) is 0 Å². The third kappa shape index (κ3) is 4.04. The topological polar surface area (TPSA) is 135 Å². The van der Waals surface area contributed by atoms with Gasteiger partial charge < -0.3 is 15.4 Å². The van der Waals surface area contributed by atoms with Crippen LogP contribution in [0.25, 0.3) is 0 Å². The molecule has 0 aliphatic heterocycles. The van der Waals surface area contributed by atoms with Crippen LogP contribution in [-0.4, -0.2) is 33.7 Å². The number of hydrogen-bond donors (Lipinski definition) is 2. The molecule has 9 heteroatoms. The smallest absolute Gasteiger partial charge is 0.239 e. The van der Waals surface area contributed by atoms with E-state index >= 15 is 0 Å². The number of benzene rings is 1. The monoisotopic (exact) mass is 313 g/mol. The first-order chi connectivity index (χ1) is 11.2. The van der Waals surface area contributed by atoms with Gasteiger partial charge in [-0.05, 0) is 6.92 Å². The van der Waals surface area contributed by atoms with Crippen LogP contribution in [0.4, 0.5) is 5.95 Å². The predicted octanol–water partition coefficient (Wildman–Crippen LogP) is 1.20. The lowest BCUT2D eigenvalue weighted by Gasteiger charge is -2.09. The highest BCUT2D eigenvalue weighted by Crippen LogP contribution is 2.15. The molecule has 118 valence electrons. The Morgan fingerprint density at radius 3 is 2.83 bits per heavy atom. The lowest BCUT2D eigenvalue weighted by atomic mass is 10.0. The molecule has 0 saturated carbocycles. The summed E-state index contributed by atoms with van der Waals surface area (Å²) >= 11 is 0. The molecule has 3 N–H and O–H groups in total. The van der Waals surface area contributed by atoms with Crippen LogP contribution >= 0.6 is 0 Å². The SMILES string of the molecule is CO/N=C(/c1nc(N)n[nH]1)c1ccccc1CO/N=C(/C)C#N. The summed E-state index contributed by atoms with van der Waals surface area (Å²) in [6.45, 7) is 1.71. The van der Waals surface area contributed by atoms with Crippen LogP contribution in [-0.2, 0) is 16.3 Å². The van der Waals surface area contributed by atoms with Gasteiger partial charge in [0.15, 0.2) is 17.2 Å². The fourth-order valence-corrected chi connectivity index (χ4v) is 1.79. The van der Waals surface area contributed by atoms with Crippen molar-refractivity contribution in [3.8, 4) is 6.07 Å². The van der Waals surface area contributed by atoms with E-state index in [0.717, 1.165) is 11.1 Å². The number of aromatic nitrogens is 3. The molecule has 9 nitrogen and oxygen atoms in total.